The van der Waals surface area contributed by atoms with Crippen LogP contribution in [0.25, 0.3) is 0 Å². The largest absolute Gasteiger partial charge is 0.120 e. The molecule has 0 aliphatic carbocycles. The summed E-state index contributed by atoms with van der Waals surface area (Å²) in [5.74, 6) is 5.69. The molecule has 0 nitrogen and oxygen atoms in total. The second-order valence-corrected chi connectivity index (χ2v) is 13.9. The molecular formula is C20H35Cl5. The second-order valence-electron chi connectivity index (χ2n) is 9.05. The van der Waals surface area contributed by atoms with Gasteiger partial charge in [0.2, 0.25) is 0 Å². The second kappa shape index (κ2) is 10.5. The van der Waals surface area contributed by atoms with Crippen molar-refractivity contribution in [1.82, 2.24) is 0 Å². The predicted molar refractivity (Wildman–Crippen MR) is 120 cm³/mol. The Bertz CT molecular complexity index is 390. The molecule has 25 heavy (non-hydrogen) atoms. The van der Waals surface area contributed by atoms with Crippen LogP contribution in [0.15, 0.2) is 0 Å². The van der Waals surface area contributed by atoms with Gasteiger partial charge in [-0.05, 0) is 88.0 Å². The smallest absolute Gasteiger partial charge is 0.0994 e. The minimum atomic E-state index is -0.466. The standard InChI is InChI=1S/C12H23Cl3.C8H12Cl2/c1-10(2,13)6-8-12(5,15)9-7-11(3,4)14;1-7(2,9)5-6-8(3,4)10/h6-9H2,1-5H3;1-4H3. The van der Waals surface area contributed by atoms with Crippen LogP contribution < -0.4 is 0 Å². The number of halogens is 5. The van der Waals surface area contributed by atoms with E-state index in [0.29, 0.717) is 0 Å². The molecule has 150 valence electrons. The van der Waals surface area contributed by atoms with E-state index in [1.165, 1.54) is 0 Å². The van der Waals surface area contributed by atoms with Gasteiger partial charge in [-0.1, -0.05) is 11.8 Å². The van der Waals surface area contributed by atoms with E-state index in [1.807, 2.05) is 55.4 Å². The molecule has 0 amide bonds. The monoisotopic (exact) mass is 450 g/mol. The minimum Gasteiger partial charge on any atom is -0.120 e. The minimum absolute atomic E-state index is 0.160. The summed E-state index contributed by atoms with van der Waals surface area (Å²) in [4.78, 5) is -1.43. The third-order valence-electron chi connectivity index (χ3n) is 3.14. The Morgan fingerprint density at radius 3 is 0.880 bits per heavy atom. The van der Waals surface area contributed by atoms with Crippen LogP contribution in [-0.4, -0.2) is 24.4 Å². The first kappa shape index (κ1) is 28.2. The lowest BCUT2D eigenvalue weighted by Crippen LogP contribution is -2.24. The summed E-state index contributed by atoms with van der Waals surface area (Å²) >= 11 is 30.3. The number of rotatable bonds is 6. The summed E-state index contributed by atoms with van der Waals surface area (Å²) in [6.45, 7) is 17.5. The molecule has 5 heteroatoms. The zero-order chi connectivity index (χ0) is 20.7. The Morgan fingerprint density at radius 1 is 0.480 bits per heavy atom. The van der Waals surface area contributed by atoms with Gasteiger partial charge in [-0.3, -0.25) is 0 Å². The van der Waals surface area contributed by atoms with Crippen molar-refractivity contribution in [3.05, 3.63) is 0 Å². The number of hydrogen-bond acceptors (Lipinski definition) is 0. The predicted octanol–water partition coefficient (Wildman–Crippen LogP) is 8.60. The van der Waals surface area contributed by atoms with E-state index >= 15 is 0 Å². The fraction of sp³-hybridized carbons (Fsp3) is 0.900. The quantitative estimate of drug-likeness (QED) is 0.279. The maximum atomic E-state index is 6.43. The highest BCUT2D eigenvalue weighted by Crippen LogP contribution is 2.34. The summed E-state index contributed by atoms with van der Waals surface area (Å²) in [5.41, 5.74) is 0. The van der Waals surface area contributed by atoms with Crippen molar-refractivity contribution in [1.29, 1.82) is 0 Å². The van der Waals surface area contributed by atoms with Gasteiger partial charge < -0.3 is 0 Å². The lowest BCUT2D eigenvalue weighted by Gasteiger charge is -2.28. The van der Waals surface area contributed by atoms with Crippen LogP contribution in [0.1, 0.15) is 88.0 Å². The van der Waals surface area contributed by atoms with Crippen molar-refractivity contribution in [2.24, 2.45) is 0 Å². The van der Waals surface area contributed by atoms with E-state index < -0.39 is 9.75 Å². The van der Waals surface area contributed by atoms with Gasteiger partial charge in [0, 0.05) is 14.6 Å². The maximum Gasteiger partial charge on any atom is 0.0994 e. The summed E-state index contributed by atoms with van der Waals surface area (Å²) in [5, 5.41) is 0. The summed E-state index contributed by atoms with van der Waals surface area (Å²) in [6.07, 6.45) is 3.71. The fourth-order valence-electron chi connectivity index (χ4n) is 1.54. The van der Waals surface area contributed by atoms with Gasteiger partial charge in [0.15, 0.2) is 0 Å². The van der Waals surface area contributed by atoms with Crippen LogP contribution in [0, 0.1) is 11.8 Å². The average molecular weight is 453 g/mol. The zero-order valence-corrected chi connectivity index (χ0v) is 21.0. The normalized spacial score (nSPS) is 13.5. The molecule has 0 rings (SSSR count). The van der Waals surface area contributed by atoms with Crippen molar-refractivity contribution in [2.75, 3.05) is 0 Å². The van der Waals surface area contributed by atoms with E-state index in [0.717, 1.165) is 25.7 Å². The lowest BCUT2D eigenvalue weighted by molar-refractivity contribution is 0.437. The van der Waals surface area contributed by atoms with Gasteiger partial charge >= 0.3 is 0 Å². The van der Waals surface area contributed by atoms with Crippen LogP contribution in [0.2, 0.25) is 0 Å². The summed E-state index contributed by atoms with van der Waals surface area (Å²) in [6, 6.07) is 0. The van der Waals surface area contributed by atoms with E-state index in [4.69, 9.17) is 58.0 Å². The first-order valence-electron chi connectivity index (χ1n) is 8.61. The molecule has 0 saturated carbocycles. The molecule has 0 aliphatic rings. The van der Waals surface area contributed by atoms with Crippen molar-refractivity contribution >= 4 is 58.0 Å². The van der Waals surface area contributed by atoms with Crippen LogP contribution >= 0.6 is 58.0 Å². The third kappa shape index (κ3) is 27.3. The van der Waals surface area contributed by atoms with Gasteiger partial charge in [-0.15, -0.1) is 58.0 Å². The highest BCUT2D eigenvalue weighted by atomic mass is 35.5. The Morgan fingerprint density at radius 2 is 0.720 bits per heavy atom. The van der Waals surface area contributed by atoms with Gasteiger partial charge in [-0.2, -0.15) is 0 Å². The molecule has 0 aromatic rings. The molecule has 0 unspecified atom stereocenters. The first-order valence-corrected chi connectivity index (χ1v) is 10.5. The molecule has 0 radical (unpaired) electrons. The molecule has 0 fully saturated rings. The SMILES string of the molecule is CC(C)(Cl)C#CC(C)(C)Cl.CC(C)(Cl)CCC(C)(Cl)CCC(C)(C)Cl. The summed E-state index contributed by atoms with van der Waals surface area (Å²) in [7, 11) is 0. The van der Waals surface area contributed by atoms with Crippen molar-refractivity contribution in [2.45, 2.75) is 112 Å². The third-order valence-corrected chi connectivity index (χ3v) is 4.08. The Balaban J connectivity index is 0. The lowest BCUT2D eigenvalue weighted by atomic mass is 9.91. The van der Waals surface area contributed by atoms with E-state index in [1.54, 1.807) is 0 Å². The van der Waals surface area contributed by atoms with Crippen molar-refractivity contribution in [3.63, 3.8) is 0 Å². The molecule has 0 atom stereocenters. The highest BCUT2D eigenvalue weighted by molar-refractivity contribution is 6.27. The van der Waals surface area contributed by atoms with Crippen LogP contribution in [0.3, 0.4) is 0 Å². The van der Waals surface area contributed by atoms with Crippen LogP contribution in [0.5, 0.6) is 0 Å². The molecule has 0 bridgehead atoms. The van der Waals surface area contributed by atoms with Gasteiger partial charge in [0.25, 0.3) is 0 Å². The van der Waals surface area contributed by atoms with Gasteiger partial charge in [0.05, 0.1) is 9.75 Å². The molecule has 0 aromatic heterocycles. The van der Waals surface area contributed by atoms with Gasteiger partial charge in [0.1, 0.15) is 0 Å². The number of hydrogen-bond donors (Lipinski definition) is 0. The first-order chi connectivity index (χ1) is 10.6. The van der Waals surface area contributed by atoms with Crippen molar-refractivity contribution in [3.8, 4) is 11.8 Å². The van der Waals surface area contributed by atoms with Gasteiger partial charge in [-0.25, -0.2) is 0 Å². The average Bonchev–Trinajstić information content (AvgIpc) is 2.30. The Hall–Kier alpha value is 1.01. The van der Waals surface area contributed by atoms with Crippen molar-refractivity contribution < 1.29 is 0 Å². The fourth-order valence-corrected chi connectivity index (χ4v) is 2.01. The molecule has 0 spiro atoms. The Kier molecular flexibility index (Phi) is 11.9. The van der Waals surface area contributed by atoms with E-state index in [2.05, 4.69) is 18.8 Å². The van der Waals surface area contributed by atoms with Crippen LogP contribution in [-0.2, 0) is 0 Å². The molecule has 0 heterocycles. The number of alkyl halides is 5. The van der Waals surface area contributed by atoms with Crippen LogP contribution in [0.4, 0.5) is 0 Å². The molecule has 0 aromatic carbocycles. The summed E-state index contributed by atoms with van der Waals surface area (Å²) < 4.78 is 0. The van der Waals surface area contributed by atoms with E-state index in [9.17, 15) is 0 Å². The molecule has 0 saturated heterocycles. The molecule has 0 N–H and O–H groups in total. The maximum absolute atomic E-state index is 6.43. The van der Waals surface area contributed by atoms with E-state index in [-0.39, 0.29) is 14.6 Å². The molecular weight excluding hydrogens is 417 g/mol. The zero-order valence-electron chi connectivity index (χ0n) is 17.2. The highest BCUT2D eigenvalue weighted by Gasteiger charge is 2.27. The molecule has 0 aliphatic heterocycles. The Labute approximate surface area is 181 Å². The topological polar surface area (TPSA) is 0 Å².